The molecule has 1 aromatic rings. The van der Waals surface area contributed by atoms with E-state index in [0.29, 0.717) is 0 Å². The van der Waals surface area contributed by atoms with Crippen LogP contribution in [0.25, 0.3) is 0 Å². The van der Waals surface area contributed by atoms with E-state index in [-0.39, 0.29) is 6.04 Å². The predicted octanol–water partition coefficient (Wildman–Crippen LogP) is 2.71. The molecule has 0 amide bonds. The number of nitrogens with one attached hydrogen (secondary N) is 1. The highest BCUT2D eigenvalue weighted by Gasteiger charge is 2.40. The standard InChI is InChI=1S/C16H24N2/c17-16(14-4-2-1-3-5-14)11-18-10-15(12-6-7-12)13-8-9-13/h1-5,12-13,15-16,18H,6-11,17H2. The first kappa shape index (κ1) is 12.2. The highest BCUT2D eigenvalue weighted by molar-refractivity contribution is 5.18. The Morgan fingerprint density at radius 2 is 1.61 bits per heavy atom. The van der Waals surface area contributed by atoms with E-state index >= 15 is 0 Å². The van der Waals surface area contributed by atoms with Gasteiger partial charge >= 0.3 is 0 Å². The summed E-state index contributed by atoms with van der Waals surface area (Å²) in [5.41, 5.74) is 7.44. The molecule has 1 atom stereocenters. The van der Waals surface area contributed by atoms with Crippen LogP contribution in [0.2, 0.25) is 0 Å². The Kier molecular flexibility index (Phi) is 3.67. The Labute approximate surface area is 110 Å². The van der Waals surface area contributed by atoms with E-state index in [1.54, 1.807) is 0 Å². The zero-order chi connectivity index (χ0) is 12.4. The topological polar surface area (TPSA) is 38.0 Å². The van der Waals surface area contributed by atoms with Crippen molar-refractivity contribution in [3.05, 3.63) is 35.9 Å². The minimum absolute atomic E-state index is 0.130. The summed E-state index contributed by atoms with van der Waals surface area (Å²) in [4.78, 5) is 0. The second-order valence-electron chi connectivity index (χ2n) is 6.01. The molecule has 0 aromatic heterocycles. The molecular formula is C16H24N2. The summed E-state index contributed by atoms with van der Waals surface area (Å²) < 4.78 is 0. The maximum absolute atomic E-state index is 6.20. The predicted molar refractivity (Wildman–Crippen MR) is 75.2 cm³/mol. The normalized spacial score (nSPS) is 21.2. The lowest BCUT2D eigenvalue weighted by molar-refractivity contribution is 0.374. The lowest BCUT2D eigenvalue weighted by Crippen LogP contribution is -2.32. The van der Waals surface area contributed by atoms with E-state index in [1.807, 2.05) is 6.07 Å². The molecule has 3 rings (SSSR count). The zero-order valence-electron chi connectivity index (χ0n) is 11.0. The van der Waals surface area contributed by atoms with E-state index in [2.05, 4.69) is 29.6 Å². The molecule has 18 heavy (non-hydrogen) atoms. The van der Waals surface area contributed by atoms with Gasteiger partial charge in [0.15, 0.2) is 0 Å². The summed E-state index contributed by atoms with van der Waals surface area (Å²) in [5, 5.41) is 3.60. The van der Waals surface area contributed by atoms with Crippen LogP contribution in [0.1, 0.15) is 37.3 Å². The Balaban J connectivity index is 1.43. The average Bonchev–Trinajstić information content (AvgIpc) is 3.29. The van der Waals surface area contributed by atoms with Gasteiger partial charge in [-0.1, -0.05) is 30.3 Å². The summed E-state index contributed by atoms with van der Waals surface area (Å²) >= 11 is 0. The second-order valence-corrected chi connectivity index (χ2v) is 6.01. The van der Waals surface area contributed by atoms with E-state index in [0.717, 1.165) is 24.3 Å². The van der Waals surface area contributed by atoms with Crippen molar-refractivity contribution in [3.63, 3.8) is 0 Å². The molecule has 2 aliphatic carbocycles. The molecule has 1 unspecified atom stereocenters. The van der Waals surface area contributed by atoms with Crippen LogP contribution in [0, 0.1) is 17.8 Å². The number of hydrogen-bond acceptors (Lipinski definition) is 2. The fourth-order valence-corrected chi connectivity index (χ4v) is 2.99. The van der Waals surface area contributed by atoms with Crippen molar-refractivity contribution in [3.8, 4) is 0 Å². The van der Waals surface area contributed by atoms with Crippen LogP contribution < -0.4 is 11.1 Å². The number of hydrogen-bond donors (Lipinski definition) is 2. The van der Waals surface area contributed by atoms with Gasteiger partial charge in [0.25, 0.3) is 0 Å². The summed E-state index contributed by atoms with van der Waals surface area (Å²) in [6, 6.07) is 10.5. The molecule has 0 heterocycles. The summed E-state index contributed by atoms with van der Waals surface area (Å²) in [5.74, 6) is 2.99. The molecule has 2 fully saturated rings. The molecule has 0 spiro atoms. The molecule has 2 saturated carbocycles. The minimum atomic E-state index is 0.130. The molecule has 0 aliphatic heterocycles. The van der Waals surface area contributed by atoms with E-state index < -0.39 is 0 Å². The third kappa shape index (κ3) is 3.12. The largest absolute Gasteiger partial charge is 0.323 e. The van der Waals surface area contributed by atoms with Crippen LogP contribution in [0.5, 0.6) is 0 Å². The van der Waals surface area contributed by atoms with Crippen LogP contribution in [0.4, 0.5) is 0 Å². The van der Waals surface area contributed by atoms with Gasteiger partial charge in [0.2, 0.25) is 0 Å². The molecule has 3 N–H and O–H groups in total. The van der Waals surface area contributed by atoms with Gasteiger partial charge in [0, 0.05) is 12.6 Å². The second kappa shape index (κ2) is 5.41. The maximum atomic E-state index is 6.20. The van der Waals surface area contributed by atoms with Crippen LogP contribution in [-0.2, 0) is 0 Å². The van der Waals surface area contributed by atoms with Crippen molar-refractivity contribution in [2.75, 3.05) is 13.1 Å². The molecule has 0 bridgehead atoms. The monoisotopic (exact) mass is 244 g/mol. The first-order valence-electron chi connectivity index (χ1n) is 7.36. The quantitative estimate of drug-likeness (QED) is 0.774. The van der Waals surface area contributed by atoms with Gasteiger partial charge < -0.3 is 11.1 Å². The van der Waals surface area contributed by atoms with Crippen molar-refractivity contribution < 1.29 is 0 Å². The van der Waals surface area contributed by atoms with E-state index in [1.165, 1.54) is 37.8 Å². The molecule has 2 aliphatic rings. The Morgan fingerprint density at radius 3 is 2.17 bits per heavy atom. The average molecular weight is 244 g/mol. The Morgan fingerprint density at radius 1 is 1.00 bits per heavy atom. The van der Waals surface area contributed by atoms with Gasteiger partial charge in [0.1, 0.15) is 0 Å². The van der Waals surface area contributed by atoms with Crippen molar-refractivity contribution in [1.29, 1.82) is 0 Å². The van der Waals surface area contributed by atoms with Crippen LogP contribution in [0.3, 0.4) is 0 Å². The molecule has 0 radical (unpaired) electrons. The lowest BCUT2D eigenvalue weighted by Gasteiger charge is -2.18. The van der Waals surface area contributed by atoms with Crippen molar-refractivity contribution in [2.45, 2.75) is 31.7 Å². The molecule has 2 nitrogen and oxygen atoms in total. The van der Waals surface area contributed by atoms with Gasteiger partial charge in [-0.05, 0) is 55.5 Å². The van der Waals surface area contributed by atoms with Crippen LogP contribution in [0.15, 0.2) is 30.3 Å². The molecule has 2 heteroatoms. The minimum Gasteiger partial charge on any atom is -0.323 e. The highest BCUT2D eigenvalue weighted by Crippen LogP contribution is 2.48. The first-order valence-corrected chi connectivity index (χ1v) is 7.36. The number of benzene rings is 1. The van der Waals surface area contributed by atoms with Gasteiger partial charge in [-0.25, -0.2) is 0 Å². The molecule has 1 aromatic carbocycles. The SMILES string of the molecule is NC(CNCC(C1CC1)C1CC1)c1ccccc1. The number of rotatable bonds is 7. The molecule has 0 saturated heterocycles. The van der Waals surface area contributed by atoms with Crippen LogP contribution >= 0.6 is 0 Å². The van der Waals surface area contributed by atoms with Crippen molar-refractivity contribution in [1.82, 2.24) is 5.32 Å². The van der Waals surface area contributed by atoms with Gasteiger partial charge in [0.05, 0.1) is 0 Å². The Bertz CT molecular complexity index is 356. The lowest BCUT2D eigenvalue weighted by atomic mass is 9.97. The molecular weight excluding hydrogens is 220 g/mol. The van der Waals surface area contributed by atoms with Crippen molar-refractivity contribution in [2.24, 2.45) is 23.5 Å². The smallest absolute Gasteiger partial charge is 0.0421 e. The van der Waals surface area contributed by atoms with Crippen molar-refractivity contribution >= 4 is 0 Å². The summed E-state index contributed by atoms with van der Waals surface area (Å²) in [7, 11) is 0. The zero-order valence-corrected chi connectivity index (χ0v) is 11.0. The van der Waals surface area contributed by atoms with E-state index in [4.69, 9.17) is 5.73 Å². The first-order chi connectivity index (χ1) is 8.84. The number of nitrogens with two attached hydrogens (primary N) is 1. The summed E-state index contributed by atoms with van der Waals surface area (Å²) in [6.45, 7) is 2.08. The summed E-state index contributed by atoms with van der Waals surface area (Å²) in [6.07, 6.45) is 5.86. The highest BCUT2D eigenvalue weighted by atomic mass is 14.9. The fourth-order valence-electron chi connectivity index (χ4n) is 2.99. The van der Waals surface area contributed by atoms with Gasteiger partial charge in [-0.15, -0.1) is 0 Å². The molecule has 98 valence electrons. The van der Waals surface area contributed by atoms with Gasteiger partial charge in [-0.3, -0.25) is 0 Å². The maximum Gasteiger partial charge on any atom is 0.0421 e. The van der Waals surface area contributed by atoms with Gasteiger partial charge in [-0.2, -0.15) is 0 Å². The van der Waals surface area contributed by atoms with E-state index in [9.17, 15) is 0 Å². The third-order valence-corrected chi connectivity index (χ3v) is 4.43. The fraction of sp³-hybridized carbons (Fsp3) is 0.625. The Hall–Kier alpha value is -0.860. The third-order valence-electron chi connectivity index (χ3n) is 4.43. The van der Waals surface area contributed by atoms with Crippen LogP contribution in [-0.4, -0.2) is 13.1 Å².